The van der Waals surface area contributed by atoms with Crippen LogP contribution in [0.2, 0.25) is 0 Å². The first-order chi connectivity index (χ1) is 8.68. The Morgan fingerprint density at radius 3 is 2.28 bits per heavy atom. The Balaban J connectivity index is 2.44. The third kappa shape index (κ3) is 1.50. The summed E-state index contributed by atoms with van der Waals surface area (Å²) in [6.07, 6.45) is 0. The molecular formula is C16H15NO. The van der Waals surface area contributed by atoms with Gasteiger partial charge in [-0.25, -0.2) is 0 Å². The molecular weight excluding hydrogens is 222 g/mol. The van der Waals surface area contributed by atoms with Gasteiger partial charge in [0.05, 0.1) is 5.69 Å². The van der Waals surface area contributed by atoms with Crippen LogP contribution in [0.25, 0.3) is 21.5 Å². The van der Waals surface area contributed by atoms with E-state index in [4.69, 9.17) is 0 Å². The highest BCUT2D eigenvalue weighted by Crippen LogP contribution is 2.37. The van der Waals surface area contributed by atoms with Crippen LogP contribution in [0.5, 0.6) is 5.75 Å². The lowest BCUT2D eigenvalue weighted by Crippen LogP contribution is -2.08. The lowest BCUT2D eigenvalue weighted by atomic mass is 10.0. The van der Waals surface area contributed by atoms with Crippen molar-refractivity contribution in [2.24, 2.45) is 0 Å². The molecule has 3 aromatic carbocycles. The Hall–Kier alpha value is -2.22. The molecule has 0 radical (unpaired) electrons. The fourth-order valence-electron chi connectivity index (χ4n) is 2.42. The van der Waals surface area contributed by atoms with E-state index >= 15 is 0 Å². The van der Waals surface area contributed by atoms with Gasteiger partial charge in [-0.1, -0.05) is 36.4 Å². The summed E-state index contributed by atoms with van der Waals surface area (Å²) in [5.41, 5.74) is 0.845. The number of anilines is 1. The lowest BCUT2D eigenvalue weighted by Gasteiger charge is -2.16. The van der Waals surface area contributed by atoms with Gasteiger partial charge < -0.3 is 10.0 Å². The molecule has 0 aliphatic carbocycles. The second kappa shape index (κ2) is 3.91. The van der Waals surface area contributed by atoms with Gasteiger partial charge in [0.15, 0.2) is 0 Å². The zero-order valence-electron chi connectivity index (χ0n) is 10.5. The van der Waals surface area contributed by atoms with E-state index in [9.17, 15) is 5.11 Å². The number of nitrogens with zero attached hydrogens (tertiary/aromatic N) is 1. The SMILES string of the molecule is CN(C)c1ccc2c(ccc3ccccc32)c1O. The van der Waals surface area contributed by atoms with Gasteiger partial charge in [0, 0.05) is 19.5 Å². The van der Waals surface area contributed by atoms with Crippen molar-refractivity contribution in [3.8, 4) is 5.75 Å². The fourth-order valence-corrected chi connectivity index (χ4v) is 2.42. The van der Waals surface area contributed by atoms with Crippen molar-refractivity contribution in [1.29, 1.82) is 0 Å². The number of phenols is 1. The maximum absolute atomic E-state index is 10.3. The first-order valence-electron chi connectivity index (χ1n) is 5.99. The number of rotatable bonds is 1. The average molecular weight is 237 g/mol. The van der Waals surface area contributed by atoms with Crippen LogP contribution in [-0.2, 0) is 0 Å². The molecule has 18 heavy (non-hydrogen) atoms. The summed E-state index contributed by atoms with van der Waals surface area (Å²) in [7, 11) is 3.86. The summed E-state index contributed by atoms with van der Waals surface area (Å²) in [6, 6.07) is 16.3. The van der Waals surface area contributed by atoms with Gasteiger partial charge in [-0.15, -0.1) is 0 Å². The molecule has 1 N–H and O–H groups in total. The third-order valence-electron chi connectivity index (χ3n) is 3.36. The normalized spacial score (nSPS) is 11.0. The van der Waals surface area contributed by atoms with E-state index in [0.717, 1.165) is 16.5 Å². The first-order valence-corrected chi connectivity index (χ1v) is 5.99. The van der Waals surface area contributed by atoms with E-state index in [-0.39, 0.29) is 0 Å². The minimum absolute atomic E-state index is 0.350. The molecule has 0 fully saturated rings. The molecule has 0 bridgehead atoms. The Morgan fingerprint density at radius 1 is 0.778 bits per heavy atom. The zero-order chi connectivity index (χ0) is 12.7. The Labute approximate surface area is 106 Å². The molecule has 0 heterocycles. The van der Waals surface area contributed by atoms with Crippen molar-refractivity contribution < 1.29 is 5.11 Å². The van der Waals surface area contributed by atoms with E-state index in [2.05, 4.69) is 24.3 Å². The number of phenolic OH excluding ortho intramolecular Hbond substituents is 1. The van der Waals surface area contributed by atoms with Crippen LogP contribution in [0.4, 0.5) is 5.69 Å². The summed E-state index contributed by atoms with van der Waals surface area (Å²) in [5, 5.41) is 14.7. The maximum Gasteiger partial charge on any atom is 0.146 e. The molecule has 0 unspecified atom stereocenters. The Kier molecular flexibility index (Phi) is 2.37. The van der Waals surface area contributed by atoms with Gasteiger partial charge in [0.25, 0.3) is 0 Å². The van der Waals surface area contributed by atoms with Crippen LogP contribution < -0.4 is 4.90 Å². The molecule has 3 aromatic rings. The molecule has 90 valence electrons. The predicted octanol–water partition coefficient (Wildman–Crippen LogP) is 3.76. The van der Waals surface area contributed by atoms with Gasteiger partial charge in [-0.05, 0) is 28.3 Å². The fraction of sp³-hybridized carbons (Fsp3) is 0.125. The zero-order valence-corrected chi connectivity index (χ0v) is 10.5. The molecule has 0 saturated carbocycles. The summed E-state index contributed by atoms with van der Waals surface area (Å²) in [6.45, 7) is 0. The van der Waals surface area contributed by atoms with Crippen molar-refractivity contribution in [3.05, 3.63) is 48.5 Å². The summed E-state index contributed by atoms with van der Waals surface area (Å²) in [5.74, 6) is 0.350. The molecule has 0 aliphatic heterocycles. The summed E-state index contributed by atoms with van der Waals surface area (Å²) >= 11 is 0. The van der Waals surface area contributed by atoms with Crippen molar-refractivity contribution in [3.63, 3.8) is 0 Å². The van der Waals surface area contributed by atoms with E-state index in [1.54, 1.807) is 0 Å². The molecule has 0 aliphatic rings. The largest absolute Gasteiger partial charge is 0.505 e. The van der Waals surface area contributed by atoms with Gasteiger partial charge in [0.1, 0.15) is 5.75 Å². The number of fused-ring (bicyclic) bond motifs is 3. The molecule has 0 atom stereocenters. The van der Waals surface area contributed by atoms with Crippen LogP contribution in [0, 0.1) is 0 Å². The summed E-state index contributed by atoms with van der Waals surface area (Å²) in [4.78, 5) is 1.92. The minimum atomic E-state index is 0.350. The van der Waals surface area contributed by atoms with Crippen LogP contribution in [0.3, 0.4) is 0 Å². The van der Waals surface area contributed by atoms with E-state index < -0.39 is 0 Å². The predicted molar refractivity (Wildman–Crippen MR) is 77.4 cm³/mol. The Bertz CT molecular complexity index is 732. The van der Waals surface area contributed by atoms with Gasteiger partial charge in [0.2, 0.25) is 0 Å². The quantitative estimate of drug-likeness (QED) is 0.651. The highest BCUT2D eigenvalue weighted by molar-refractivity contribution is 6.10. The standard InChI is InChI=1S/C16H15NO/c1-17(2)15-10-9-13-12-6-4-3-5-11(12)7-8-14(13)16(15)18/h3-10,18H,1-2H3. The van der Waals surface area contributed by atoms with Crippen molar-refractivity contribution in [2.75, 3.05) is 19.0 Å². The highest BCUT2D eigenvalue weighted by Gasteiger charge is 2.09. The average Bonchev–Trinajstić information content (AvgIpc) is 2.38. The second-order valence-electron chi connectivity index (χ2n) is 4.71. The van der Waals surface area contributed by atoms with Crippen LogP contribution in [0.15, 0.2) is 48.5 Å². The molecule has 0 saturated heterocycles. The minimum Gasteiger partial charge on any atom is -0.505 e. The lowest BCUT2D eigenvalue weighted by molar-refractivity contribution is 0.482. The first kappa shape index (κ1) is 10.9. The topological polar surface area (TPSA) is 23.5 Å². The molecule has 0 amide bonds. The van der Waals surface area contributed by atoms with Gasteiger partial charge in [-0.2, -0.15) is 0 Å². The van der Waals surface area contributed by atoms with E-state index in [1.165, 1.54) is 10.8 Å². The number of hydrogen-bond acceptors (Lipinski definition) is 2. The Morgan fingerprint density at radius 2 is 1.50 bits per heavy atom. The van der Waals surface area contributed by atoms with Gasteiger partial charge >= 0.3 is 0 Å². The second-order valence-corrected chi connectivity index (χ2v) is 4.71. The maximum atomic E-state index is 10.3. The molecule has 0 spiro atoms. The summed E-state index contributed by atoms with van der Waals surface area (Å²) < 4.78 is 0. The number of hydrogen-bond donors (Lipinski definition) is 1. The van der Waals surface area contributed by atoms with Crippen molar-refractivity contribution in [2.45, 2.75) is 0 Å². The van der Waals surface area contributed by atoms with E-state index in [1.807, 2.05) is 43.3 Å². The van der Waals surface area contributed by atoms with Crippen LogP contribution >= 0.6 is 0 Å². The highest BCUT2D eigenvalue weighted by atomic mass is 16.3. The van der Waals surface area contributed by atoms with Crippen LogP contribution in [-0.4, -0.2) is 19.2 Å². The van der Waals surface area contributed by atoms with Crippen molar-refractivity contribution >= 4 is 27.2 Å². The molecule has 2 nitrogen and oxygen atoms in total. The monoisotopic (exact) mass is 237 g/mol. The smallest absolute Gasteiger partial charge is 0.146 e. The van der Waals surface area contributed by atoms with E-state index in [0.29, 0.717) is 5.75 Å². The number of benzene rings is 3. The third-order valence-corrected chi connectivity index (χ3v) is 3.36. The molecule has 2 heteroatoms. The molecule has 3 rings (SSSR count). The van der Waals surface area contributed by atoms with Crippen molar-refractivity contribution in [1.82, 2.24) is 0 Å². The number of aromatic hydroxyl groups is 1. The molecule has 0 aromatic heterocycles. The van der Waals surface area contributed by atoms with Crippen LogP contribution in [0.1, 0.15) is 0 Å². The van der Waals surface area contributed by atoms with Gasteiger partial charge in [-0.3, -0.25) is 0 Å².